The summed E-state index contributed by atoms with van der Waals surface area (Å²) in [6.07, 6.45) is 5.92. The summed E-state index contributed by atoms with van der Waals surface area (Å²) in [5.41, 5.74) is 4.12. The van der Waals surface area contributed by atoms with Crippen molar-refractivity contribution in [2.45, 2.75) is 64.1 Å². The third kappa shape index (κ3) is 3.43. The van der Waals surface area contributed by atoms with Crippen molar-refractivity contribution < 1.29 is 9.53 Å². The number of aryl methyl sites for hydroxylation is 2. The minimum atomic E-state index is -0.104. The Bertz CT molecular complexity index is 544. The quantitative estimate of drug-likeness (QED) is 0.901. The van der Waals surface area contributed by atoms with E-state index in [4.69, 9.17) is 4.74 Å². The van der Waals surface area contributed by atoms with Gasteiger partial charge in [0.25, 0.3) is 0 Å². The fourth-order valence-electron chi connectivity index (χ4n) is 3.43. The molecule has 2 N–H and O–H groups in total. The van der Waals surface area contributed by atoms with Crippen LogP contribution in [0, 0.1) is 0 Å². The Kier molecular flexibility index (Phi) is 4.67. The van der Waals surface area contributed by atoms with Gasteiger partial charge in [-0.2, -0.15) is 0 Å². The highest BCUT2D eigenvalue weighted by Crippen LogP contribution is 2.24. The van der Waals surface area contributed by atoms with Crippen molar-refractivity contribution in [3.05, 3.63) is 34.9 Å². The lowest BCUT2D eigenvalue weighted by atomic mass is 9.89. The van der Waals surface area contributed by atoms with Gasteiger partial charge in [0.1, 0.15) is 0 Å². The molecule has 4 heteroatoms. The van der Waals surface area contributed by atoms with Crippen molar-refractivity contribution in [3.63, 3.8) is 0 Å². The molecule has 1 heterocycles. The Morgan fingerprint density at radius 3 is 2.77 bits per heavy atom. The third-order valence-corrected chi connectivity index (χ3v) is 4.91. The molecule has 120 valence electrons. The zero-order valence-corrected chi connectivity index (χ0v) is 13.5. The fraction of sp³-hybridized carbons (Fsp3) is 0.611. The average molecular weight is 302 g/mol. The first kappa shape index (κ1) is 15.3. The van der Waals surface area contributed by atoms with Gasteiger partial charge >= 0.3 is 6.03 Å². The molecule has 1 aliphatic heterocycles. The number of urea groups is 1. The Morgan fingerprint density at radius 1 is 1.27 bits per heavy atom. The Labute approximate surface area is 132 Å². The summed E-state index contributed by atoms with van der Waals surface area (Å²) in [7, 11) is 0. The van der Waals surface area contributed by atoms with E-state index >= 15 is 0 Å². The second kappa shape index (κ2) is 6.69. The molecular formula is C18H26N2O2. The van der Waals surface area contributed by atoms with Crippen molar-refractivity contribution in [1.82, 2.24) is 10.6 Å². The van der Waals surface area contributed by atoms with E-state index in [1.165, 1.54) is 42.4 Å². The number of amides is 2. The van der Waals surface area contributed by atoms with E-state index in [-0.39, 0.29) is 24.2 Å². The maximum atomic E-state index is 12.1. The molecule has 0 spiro atoms. The lowest BCUT2D eigenvalue weighted by Crippen LogP contribution is -2.45. The van der Waals surface area contributed by atoms with Crippen LogP contribution in [0.25, 0.3) is 0 Å². The number of carbonyl (C=O) groups excluding carboxylic acids is 1. The van der Waals surface area contributed by atoms with E-state index in [1.807, 2.05) is 13.8 Å². The van der Waals surface area contributed by atoms with E-state index in [0.717, 1.165) is 13.0 Å². The molecule has 0 aromatic heterocycles. The van der Waals surface area contributed by atoms with Crippen LogP contribution in [0.15, 0.2) is 18.2 Å². The minimum Gasteiger partial charge on any atom is -0.376 e. The van der Waals surface area contributed by atoms with Crippen LogP contribution < -0.4 is 10.6 Å². The van der Waals surface area contributed by atoms with Gasteiger partial charge in [-0.05, 0) is 62.6 Å². The maximum Gasteiger partial charge on any atom is 0.315 e. The topological polar surface area (TPSA) is 50.4 Å². The van der Waals surface area contributed by atoms with Crippen LogP contribution >= 0.6 is 0 Å². The Morgan fingerprint density at radius 2 is 2.05 bits per heavy atom. The van der Waals surface area contributed by atoms with Gasteiger partial charge in [0.2, 0.25) is 0 Å². The van der Waals surface area contributed by atoms with Crippen LogP contribution in [0.2, 0.25) is 0 Å². The maximum absolute atomic E-state index is 12.1. The zero-order chi connectivity index (χ0) is 15.5. The van der Waals surface area contributed by atoms with Crippen LogP contribution in [-0.2, 0) is 17.6 Å². The number of nitrogens with one attached hydrogen (secondary N) is 2. The van der Waals surface area contributed by atoms with Gasteiger partial charge in [0.15, 0.2) is 0 Å². The molecule has 4 nitrogen and oxygen atoms in total. The molecule has 0 bridgehead atoms. The van der Waals surface area contributed by atoms with Crippen LogP contribution in [0.1, 0.15) is 55.8 Å². The second-order valence-corrected chi connectivity index (χ2v) is 6.55. The SMILES string of the molecule is CC(NC(=O)N[C@@H]1CCO[C@@H]1C)c1ccc2c(c1)CCCC2. The van der Waals surface area contributed by atoms with Gasteiger partial charge in [-0.1, -0.05) is 18.2 Å². The normalized spacial score (nSPS) is 25.4. The highest BCUT2D eigenvalue weighted by Gasteiger charge is 2.26. The number of hydrogen-bond donors (Lipinski definition) is 2. The van der Waals surface area contributed by atoms with E-state index < -0.39 is 0 Å². The molecule has 1 fully saturated rings. The highest BCUT2D eigenvalue weighted by atomic mass is 16.5. The number of fused-ring (bicyclic) bond motifs is 1. The smallest absolute Gasteiger partial charge is 0.315 e. The lowest BCUT2D eigenvalue weighted by molar-refractivity contribution is 0.114. The van der Waals surface area contributed by atoms with Gasteiger partial charge in [-0.25, -0.2) is 4.79 Å². The summed E-state index contributed by atoms with van der Waals surface area (Å²) in [6.45, 7) is 4.77. The molecule has 0 radical (unpaired) electrons. The summed E-state index contributed by atoms with van der Waals surface area (Å²) in [4.78, 5) is 12.1. The molecule has 2 amide bonds. The minimum absolute atomic E-state index is 0.0184. The first-order valence-corrected chi connectivity index (χ1v) is 8.44. The Balaban J connectivity index is 1.59. The molecule has 1 saturated heterocycles. The van der Waals surface area contributed by atoms with Crippen molar-refractivity contribution in [2.24, 2.45) is 0 Å². The standard InChI is InChI=1S/C18H26N2O2/c1-12(19-18(21)20-17-9-10-22-13(17)2)15-8-7-14-5-3-4-6-16(14)11-15/h7-8,11-13,17H,3-6,9-10H2,1-2H3,(H2,19,20,21)/t12?,13-,17-/m1/s1. The first-order chi connectivity index (χ1) is 10.6. The molecular weight excluding hydrogens is 276 g/mol. The van der Waals surface area contributed by atoms with Crippen LogP contribution in [0.5, 0.6) is 0 Å². The predicted molar refractivity (Wildman–Crippen MR) is 87.0 cm³/mol. The fourth-order valence-corrected chi connectivity index (χ4v) is 3.43. The van der Waals surface area contributed by atoms with Crippen molar-refractivity contribution in [3.8, 4) is 0 Å². The first-order valence-electron chi connectivity index (χ1n) is 8.44. The Hall–Kier alpha value is -1.55. The summed E-state index contributed by atoms with van der Waals surface area (Å²) >= 11 is 0. The van der Waals surface area contributed by atoms with Crippen molar-refractivity contribution in [1.29, 1.82) is 0 Å². The molecule has 3 atom stereocenters. The van der Waals surface area contributed by atoms with Crippen LogP contribution in [0.4, 0.5) is 4.79 Å². The summed E-state index contributed by atoms with van der Waals surface area (Å²) in [5.74, 6) is 0. The monoisotopic (exact) mass is 302 g/mol. The van der Waals surface area contributed by atoms with Crippen LogP contribution in [0.3, 0.4) is 0 Å². The molecule has 1 unspecified atom stereocenters. The number of benzene rings is 1. The average Bonchev–Trinajstić information content (AvgIpc) is 2.91. The van der Waals surface area contributed by atoms with E-state index in [2.05, 4.69) is 28.8 Å². The lowest BCUT2D eigenvalue weighted by Gasteiger charge is -2.22. The van der Waals surface area contributed by atoms with E-state index in [9.17, 15) is 4.79 Å². The van der Waals surface area contributed by atoms with E-state index in [1.54, 1.807) is 0 Å². The summed E-state index contributed by atoms with van der Waals surface area (Å²) in [5, 5.41) is 6.06. The molecule has 22 heavy (non-hydrogen) atoms. The summed E-state index contributed by atoms with van der Waals surface area (Å²) in [6, 6.07) is 6.68. The second-order valence-electron chi connectivity index (χ2n) is 6.55. The van der Waals surface area contributed by atoms with Crippen molar-refractivity contribution in [2.75, 3.05) is 6.61 Å². The van der Waals surface area contributed by atoms with Gasteiger partial charge in [0, 0.05) is 6.61 Å². The highest BCUT2D eigenvalue weighted by molar-refractivity contribution is 5.74. The number of ether oxygens (including phenoxy) is 1. The molecule has 3 rings (SSSR count). The number of rotatable bonds is 3. The molecule has 1 aromatic carbocycles. The van der Waals surface area contributed by atoms with Crippen LogP contribution in [-0.4, -0.2) is 24.8 Å². The molecule has 0 saturated carbocycles. The molecule has 1 aromatic rings. The van der Waals surface area contributed by atoms with E-state index in [0.29, 0.717) is 0 Å². The zero-order valence-electron chi connectivity index (χ0n) is 13.5. The van der Waals surface area contributed by atoms with Crippen molar-refractivity contribution >= 4 is 6.03 Å². The summed E-state index contributed by atoms with van der Waals surface area (Å²) < 4.78 is 5.48. The van der Waals surface area contributed by atoms with Gasteiger partial charge < -0.3 is 15.4 Å². The van der Waals surface area contributed by atoms with Gasteiger partial charge in [0.05, 0.1) is 18.2 Å². The molecule has 1 aliphatic carbocycles. The van der Waals surface area contributed by atoms with Gasteiger partial charge in [-0.15, -0.1) is 0 Å². The third-order valence-electron chi connectivity index (χ3n) is 4.91. The predicted octanol–water partition coefficient (Wildman–Crippen LogP) is 3.10. The number of carbonyl (C=O) groups is 1. The number of hydrogen-bond acceptors (Lipinski definition) is 2. The van der Waals surface area contributed by atoms with Gasteiger partial charge in [-0.3, -0.25) is 0 Å². The largest absolute Gasteiger partial charge is 0.376 e. The molecule has 2 aliphatic rings.